The molecule has 0 saturated heterocycles. The molecule has 0 fully saturated rings. The van der Waals surface area contributed by atoms with Gasteiger partial charge in [-0.25, -0.2) is 9.78 Å². The highest BCUT2D eigenvalue weighted by Crippen LogP contribution is 2.23. The van der Waals surface area contributed by atoms with Crippen LogP contribution in [0, 0.1) is 0 Å². The summed E-state index contributed by atoms with van der Waals surface area (Å²) in [4.78, 5) is 14.1. The van der Waals surface area contributed by atoms with E-state index in [1.54, 1.807) is 0 Å². The van der Waals surface area contributed by atoms with E-state index in [1.165, 1.54) is 28.6 Å². The van der Waals surface area contributed by atoms with Crippen molar-refractivity contribution in [2.24, 2.45) is 0 Å². The second kappa shape index (κ2) is 3.03. The van der Waals surface area contributed by atoms with Gasteiger partial charge in [-0.15, -0.1) is 23.1 Å². The lowest BCUT2D eigenvalue weighted by molar-refractivity contribution is 0.0688. The molecule has 0 saturated carbocycles. The van der Waals surface area contributed by atoms with Crippen LogP contribution in [0.4, 0.5) is 0 Å². The second-order valence-electron chi connectivity index (χ2n) is 1.50. The van der Waals surface area contributed by atoms with Crippen LogP contribution in [0.3, 0.4) is 0 Å². The molecular weight excluding hydrogens is 170 g/mol. The van der Waals surface area contributed by atoms with Crippen molar-refractivity contribution in [3.63, 3.8) is 0 Å². The number of thioether (sulfide) groups is 1. The Morgan fingerprint density at radius 2 is 2.60 bits per heavy atom. The van der Waals surface area contributed by atoms with Crippen molar-refractivity contribution in [3.8, 4) is 0 Å². The number of hydrogen-bond acceptors (Lipinski definition) is 4. The highest BCUT2D eigenvalue weighted by Gasteiger charge is 2.11. The number of carbonyl (C=O) groups is 1. The molecule has 0 aromatic carbocycles. The number of rotatable bonds is 2. The molecule has 10 heavy (non-hydrogen) atoms. The topological polar surface area (TPSA) is 50.2 Å². The number of carboxylic acid groups (broad SMARTS) is 1. The van der Waals surface area contributed by atoms with Gasteiger partial charge in [-0.1, -0.05) is 0 Å². The van der Waals surface area contributed by atoms with E-state index in [0.717, 1.165) is 4.21 Å². The Balaban J connectivity index is 3.01. The van der Waals surface area contributed by atoms with Crippen molar-refractivity contribution in [1.82, 2.24) is 4.98 Å². The van der Waals surface area contributed by atoms with Gasteiger partial charge in [0.05, 0.1) is 9.72 Å². The number of hydrogen-bond donors (Lipinski definition) is 1. The van der Waals surface area contributed by atoms with Gasteiger partial charge < -0.3 is 5.11 Å². The highest BCUT2D eigenvalue weighted by molar-refractivity contribution is 8.00. The predicted octanol–water partition coefficient (Wildman–Crippen LogP) is 1.56. The number of carboxylic acids is 1. The van der Waals surface area contributed by atoms with Gasteiger partial charge in [0, 0.05) is 0 Å². The van der Waals surface area contributed by atoms with Crippen LogP contribution in [0.25, 0.3) is 0 Å². The molecule has 1 N–H and O–H groups in total. The van der Waals surface area contributed by atoms with Crippen LogP contribution in [0.5, 0.6) is 0 Å². The number of aromatic nitrogens is 1. The first kappa shape index (κ1) is 7.56. The number of thiazole rings is 1. The van der Waals surface area contributed by atoms with Gasteiger partial charge >= 0.3 is 5.97 Å². The van der Waals surface area contributed by atoms with Crippen LogP contribution in [0.2, 0.25) is 0 Å². The van der Waals surface area contributed by atoms with E-state index in [1.807, 2.05) is 6.26 Å². The van der Waals surface area contributed by atoms with Crippen molar-refractivity contribution >= 4 is 29.1 Å². The normalized spacial score (nSPS) is 9.70. The largest absolute Gasteiger partial charge is 0.476 e. The first-order chi connectivity index (χ1) is 4.75. The zero-order chi connectivity index (χ0) is 7.56. The van der Waals surface area contributed by atoms with Crippen molar-refractivity contribution in [2.75, 3.05) is 6.26 Å². The Kier molecular flexibility index (Phi) is 2.29. The summed E-state index contributed by atoms with van der Waals surface area (Å²) < 4.78 is 0.757. The fourth-order valence-electron chi connectivity index (χ4n) is 0.523. The monoisotopic (exact) mass is 175 g/mol. The Morgan fingerprint density at radius 3 is 3.00 bits per heavy atom. The minimum atomic E-state index is -0.953. The fraction of sp³-hybridized carbons (Fsp3) is 0.200. The van der Waals surface area contributed by atoms with E-state index >= 15 is 0 Å². The molecule has 0 radical (unpaired) electrons. The van der Waals surface area contributed by atoms with Gasteiger partial charge in [0.2, 0.25) is 0 Å². The molecule has 1 rings (SSSR count). The molecule has 0 aliphatic rings. The van der Waals surface area contributed by atoms with Gasteiger partial charge in [0.15, 0.2) is 5.69 Å². The Hall–Kier alpha value is -0.550. The van der Waals surface area contributed by atoms with Gasteiger partial charge in [-0.05, 0) is 6.26 Å². The summed E-state index contributed by atoms with van der Waals surface area (Å²) in [5, 5.41) is 8.52. The van der Waals surface area contributed by atoms with E-state index in [0.29, 0.717) is 0 Å². The average Bonchev–Trinajstić information content (AvgIpc) is 2.33. The lowest BCUT2D eigenvalue weighted by Gasteiger charge is -1.88. The predicted molar refractivity (Wildman–Crippen MR) is 40.9 cm³/mol. The minimum Gasteiger partial charge on any atom is -0.476 e. The summed E-state index contributed by atoms with van der Waals surface area (Å²) in [5.74, 6) is -0.953. The molecule has 1 aromatic rings. The average molecular weight is 175 g/mol. The van der Waals surface area contributed by atoms with Crippen LogP contribution in [0.15, 0.2) is 9.72 Å². The summed E-state index contributed by atoms with van der Waals surface area (Å²) in [5.41, 5.74) is 1.70. The molecule has 0 unspecified atom stereocenters. The first-order valence-electron chi connectivity index (χ1n) is 2.46. The lowest BCUT2D eigenvalue weighted by atomic mass is 10.5. The van der Waals surface area contributed by atoms with Gasteiger partial charge in [0.25, 0.3) is 0 Å². The van der Waals surface area contributed by atoms with E-state index in [-0.39, 0.29) is 5.69 Å². The molecule has 0 spiro atoms. The van der Waals surface area contributed by atoms with Gasteiger partial charge in [0.1, 0.15) is 0 Å². The van der Waals surface area contributed by atoms with Crippen LogP contribution in [0.1, 0.15) is 10.5 Å². The zero-order valence-electron chi connectivity index (χ0n) is 5.20. The van der Waals surface area contributed by atoms with Crippen LogP contribution in [-0.2, 0) is 0 Å². The summed E-state index contributed by atoms with van der Waals surface area (Å²) in [6.07, 6.45) is 1.83. The van der Waals surface area contributed by atoms with E-state index in [9.17, 15) is 4.79 Å². The molecule has 0 aliphatic carbocycles. The Bertz CT molecular complexity index is 246. The van der Waals surface area contributed by atoms with Crippen molar-refractivity contribution < 1.29 is 9.90 Å². The fourth-order valence-corrected chi connectivity index (χ4v) is 1.88. The standard InChI is InChI=1S/C5H5NO2S2/c1-9-5-3(4(7)8)6-2-10-5/h2H,1H3,(H,7,8). The molecule has 1 heterocycles. The SMILES string of the molecule is CSc1scnc1C(=O)O. The van der Waals surface area contributed by atoms with Crippen LogP contribution >= 0.6 is 23.1 Å². The summed E-state index contributed by atoms with van der Waals surface area (Å²) in [7, 11) is 0. The summed E-state index contributed by atoms with van der Waals surface area (Å²) in [6.45, 7) is 0. The first-order valence-corrected chi connectivity index (χ1v) is 4.57. The molecule has 0 aliphatic heterocycles. The van der Waals surface area contributed by atoms with E-state index in [4.69, 9.17) is 5.11 Å². The zero-order valence-corrected chi connectivity index (χ0v) is 6.83. The maximum atomic E-state index is 10.4. The summed E-state index contributed by atoms with van der Waals surface area (Å²) >= 11 is 2.75. The van der Waals surface area contributed by atoms with Crippen molar-refractivity contribution in [3.05, 3.63) is 11.2 Å². The van der Waals surface area contributed by atoms with Gasteiger partial charge in [-0.3, -0.25) is 0 Å². The third-order valence-electron chi connectivity index (χ3n) is 0.923. The molecule has 54 valence electrons. The lowest BCUT2D eigenvalue weighted by Crippen LogP contribution is -1.96. The third kappa shape index (κ3) is 1.30. The molecule has 0 amide bonds. The molecule has 1 aromatic heterocycles. The maximum absolute atomic E-state index is 10.4. The quantitative estimate of drug-likeness (QED) is 0.693. The second-order valence-corrected chi connectivity index (χ2v) is 3.43. The van der Waals surface area contributed by atoms with Crippen molar-refractivity contribution in [1.29, 1.82) is 0 Å². The third-order valence-corrected chi connectivity index (χ3v) is 2.89. The highest BCUT2D eigenvalue weighted by atomic mass is 32.2. The Morgan fingerprint density at radius 1 is 1.90 bits per heavy atom. The smallest absolute Gasteiger partial charge is 0.356 e. The molecule has 3 nitrogen and oxygen atoms in total. The van der Waals surface area contributed by atoms with E-state index < -0.39 is 5.97 Å². The number of aromatic carboxylic acids is 1. The Labute approximate surface area is 66.1 Å². The number of nitrogens with zero attached hydrogens (tertiary/aromatic N) is 1. The minimum absolute atomic E-state index is 0.164. The van der Waals surface area contributed by atoms with E-state index in [2.05, 4.69) is 4.98 Å². The summed E-state index contributed by atoms with van der Waals surface area (Å²) in [6, 6.07) is 0. The molecule has 0 bridgehead atoms. The van der Waals surface area contributed by atoms with Crippen LogP contribution in [-0.4, -0.2) is 22.3 Å². The van der Waals surface area contributed by atoms with Crippen molar-refractivity contribution in [2.45, 2.75) is 4.21 Å². The molecule has 5 heteroatoms. The maximum Gasteiger partial charge on any atom is 0.356 e. The molecule has 0 atom stereocenters. The van der Waals surface area contributed by atoms with Gasteiger partial charge in [-0.2, -0.15) is 0 Å². The van der Waals surface area contributed by atoms with Crippen LogP contribution < -0.4 is 0 Å². The molecular formula is C5H5NO2S2.